The van der Waals surface area contributed by atoms with Crippen molar-refractivity contribution in [2.75, 3.05) is 32.6 Å². The third-order valence-electron chi connectivity index (χ3n) is 5.59. The van der Waals surface area contributed by atoms with E-state index in [1.54, 1.807) is 12.1 Å². The van der Waals surface area contributed by atoms with Crippen molar-refractivity contribution < 1.29 is 19.1 Å². The molecule has 11 heteroatoms. The van der Waals surface area contributed by atoms with Crippen LogP contribution < -0.4 is 15.8 Å². The zero-order chi connectivity index (χ0) is 23.6. The summed E-state index contributed by atoms with van der Waals surface area (Å²) in [6, 6.07) is 8.62. The normalized spacial score (nSPS) is 20.9. The molecule has 0 aliphatic carbocycles. The second-order valence-electron chi connectivity index (χ2n) is 7.95. The summed E-state index contributed by atoms with van der Waals surface area (Å²) in [6.45, 7) is 2.07. The lowest BCUT2D eigenvalue weighted by atomic mass is 9.86. The number of nitrogens with two attached hydrogens (primary N) is 1. The van der Waals surface area contributed by atoms with Crippen LogP contribution in [0.1, 0.15) is 12.5 Å². The van der Waals surface area contributed by atoms with Crippen LogP contribution in [0.5, 0.6) is 5.06 Å². The predicted molar refractivity (Wildman–Crippen MR) is 126 cm³/mol. The summed E-state index contributed by atoms with van der Waals surface area (Å²) in [4.78, 5) is 36.2. The summed E-state index contributed by atoms with van der Waals surface area (Å²) in [5.41, 5.74) is 6.34. The van der Waals surface area contributed by atoms with Crippen LogP contribution in [-0.2, 0) is 20.7 Å². The van der Waals surface area contributed by atoms with Crippen molar-refractivity contribution in [1.29, 1.82) is 0 Å². The number of fused-ring (bicyclic) bond motifs is 1. The maximum atomic E-state index is 13.7. The van der Waals surface area contributed by atoms with Crippen molar-refractivity contribution in [3.05, 3.63) is 46.6 Å². The van der Waals surface area contributed by atoms with Gasteiger partial charge in [0.25, 0.3) is 11.8 Å². The van der Waals surface area contributed by atoms with E-state index < -0.39 is 11.4 Å². The van der Waals surface area contributed by atoms with Gasteiger partial charge in [0.15, 0.2) is 11.7 Å². The molecule has 2 atom stereocenters. The number of nitrogens with one attached hydrogen (secondary N) is 1. The summed E-state index contributed by atoms with van der Waals surface area (Å²) < 4.78 is 11.5. The molecule has 33 heavy (non-hydrogen) atoms. The van der Waals surface area contributed by atoms with Gasteiger partial charge < -0.3 is 15.2 Å². The van der Waals surface area contributed by atoms with Gasteiger partial charge in [0, 0.05) is 31.5 Å². The van der Waals surface area contributed by atoms with E-state index in [9.17, 15) is 9.59 Å². The van der Waals surface area contributed by atoms with E-state index in [1.807, 2.05) is 25.1 Å². The third-order valence-corrected chi connectivity index (χ3v) is 6.73. The molecule has 9 nitrogen and oxygen atoms in total. The number of hydrogen-bond donors (Lipinski definition) is 2. The largest absolute Gasteiger partial charge is 0.474 e. The Balaban J connectivity index is 1.57. The lowest BCUT2D eigenvalue weighted by molar-refractivity contribution is -0.158. The first-order valence-electron chi connectivity index (χ1n) is 10.3. The molecule has 4 rings (SSSR count). The first kappa shape index (κ1) is 23.4. The number of methoxy groups -OCH3 is 1. The number of nitrogen functional groups attached to an aromatic ring is 1. The number of piperazine rings is 1. The smallest absolute Gasteiger partial charge is 0.267 e. The molecular weight excluding hydrogens is 466 g/mol. The molecule has 0 bridgehead atoms. The quantitative estimate of drug-likeness (QED) is 0.518. The van der Waals surface area contributed by atoms with Crippen LogP contribution >= 0.6 is 22.9 Å². The Bertz CT molecular complexity index is 1190. The Labute approximate surface area is 199 Å². The van der Waals surface area contributed by atoms with Crippen molar-refractivity contribution in [1.82, 2.24) is 20.2 Å². The zero-order valence-electron chi connectivity index (χ0n) is 18.2. The second-order valence-corrected chi connectivity index (χ2v) is 9.63. The van der Waals surface area contributed by atoms with E-state index in [2.05, 4.69) is 15.3 Å². The Morgan fingerprint density at radius 1 is 1.36 bits per heavy atom. The molecule has 0 spiro atoms. The number of rotatable bonds is 7. The number of amides is 2. The summed E-state index contributed by atoms with van der Waals surface area (Å²) in [6.07, 6.45) is 1.71. The lowest BCUT2D eigenvalue weighted by Gasteiger charge is -2.44. The fourth-order valence-corrected chi connectivity index (χ4v) is 4.88. The molecule has 3 heterocycles. The highest BCUT2D eigenvalue weighted by Crippen LogP contribution is 2.29. The summed E-state index contributed by atoms with van der Waals surface area (Å²) in [7, 11) is 1.53. The highest BCUT2D eigenvalue weighted by molar-refractivity contribution is 7.17. The molecule has 1 aromatic carbocycles. The minimum atomic E-state index is -1.12. The van der Waals surface area contributed by atoms with Gasteiger partial charge in [-0.05, 0) is 36.8 Å². The van der Waals surface area contributed by atoms with Gasteiger partial charge in [0.05, 0.1) is 16.5 Å². The van der Waals surface area contributed by atoms with E-state index in [4.69, 9.17) is 26.8 Å². The molecule has 3 N–H and O–H groups in total. The van der Waals surface area contributed by atoms with Gasteiger partial charge in [0.2, 0.25) is 0 Å². The molecule has 0 saturated carbocycles. The fourth-order valence-electron chi connectivity index (χ4n) is 4.01. The standard InChI is InChI=1S/C22H24ClN5O4S/c1-13-9-27-22(11-31-2,8-14-3-4-15-16(7-14)25-12-26-20(15)24)21(30)28(13)18(29)10-32-19-6-5-17(23)33-19/h3-7,12-13,27H,8-11H2,1-2H3,(H2,24,25,26)/t13?,22-/m0/s1. The average molecular weight is 490 g/mol. The van der Waals surface area contributed by atoms with E-state index in [1.165, 1.54) is 29.7 Å². The Morgan fingerprint density at radius 3 is 2.91 bits per heavy atom. The van der Waals surface area contributed by atoms with Gasteiger partial charge in [-0.15, -0.1) is 0 Å². The summed E-state index contributed by atoms with van der Waals surface area (Å²) in [5, 5.41) is 4.58. The highest BCUT2D eigenvalue weighted by atomic mass is 35.5. The number of ether oxygens (including phenoxy) is 2. The average Bonchev–Trinajstić information content (AvgIpc) is 3.21. The van der Waals surface area contributed by atoms with Crippen molar-refractivity contribution in [3.8, 4) is 5.06 Å². The highest BCUT2D eigenvalue weighted by Gasteiger charge is 2.48. The minimum absolute atomic E-state index is 0.0909. The van der Waals surface area contributed by atoms with E-state index in [0.717, 1.165) is 10.9 Å². The zero-order valence-corrected chi connectivity index (χ0v) is 19.8. The van der Waals surface area contributed by atoms with Crippen molar-refractivity contribution in [3.63, 3.8) is 0 Å². The second kappa shape index (κ2) is 9.60. The number of carbonyl (C=O) groups is 2. The van der Waals surface area contributed by atoms with Gasteiger partial charge in [-0.25, -0.2) is 9.97 Å². The Kier molecular flexibility index (Phi) is 6.80. The Hall–Kier alpha value is -2.79. The van der Waals surface area contributed by atoms with Crippen LogP contribution in [0.3, 0.4) is 0 Å². The SMILES string of the molecule is COC[C@]1(Cc2ccc3c(N)ncnc3c2)NCC(C)N(C(=O)COc2ccc(Cl)s2)C1=O. The van der Waals surface area contributed by atoms with Crippen molar-refractivity contribution in [2.24, 2.45) is 0 Å². The molecule has 1 saturated heterocycles. The molecular formula is C22H24ClN5O4S. The van der Waals surface area contributed by atoms with Crippen molar-refractivity contribution in [2.45, 2.75) is 24.9 Å². The van der Waals surface area contributed by atoms with Crippen molar-refractivity contribution >= 4 is 51.5 Å². The van der Waals surface area contributed by atoms with Crippen LogP contribution in [0.4, 0.5) is 5.82 Å². The minimum Gasteiger partial charge on any atom is -0.474 e. The molecule has 1 aliphatic rings. The number of thiophene rings is 1. The van der Waals surface area contributed by atoms with Crippen LogP contribution in [0.25, 0.3) is 10.9 Å². The van der Waals surface area contributed by atoms with Gasteiger partial charge >= 0.3 is 0 Å². The van der Waals surface area contributed by atoms with Gasteiger partial charge in [0.1, 0.15) is 17.7 Å². The van der Waals surface area contributed by atoms with Gasteiger partial charge in [-0.2, -0.15) is 0 Å². The van der Waals surface area contributed by atoms with Crippen LogP contribution in [-0.4, -0.2) is 65.1 Å². The van der Waals surface area contributed by atoms with E-state index in [0.29, 0.717) is 33.7 Å². The molecule has 1 aliphatic heterocycles. The monoisotopic (exact) mass is 489 g/mol. The maximum Gasteiger partial charge on any atom is 0.267 e. The summed E-state index contributed by atoms with van der Waals surface area (Å²) >= 11 is 7.14. The number of carbonyl (C=O) groups excluding carboxylic acids is 2. The number of hydrogen-bond acceptors (Lipinski definition) is 9. The van der Waals surface area contributed by atoms with E-state index >= 15 is 0 Å². The van der Waals surface area contributed by atoms with Gasteiger partial charge in [-0.3, -0.25) is 19.8 Å². The van der Waals surface area contributed by atoms with Crippen LogP contribution in [0.15, 0.2) is 36.7 Å². The number of anilines is 1. The summed E-state index contributed by atoms with van der Waals surface area (Å²) in [5.74, 6) is -0.385. The predicted octanol–water partition coefficient (Wildman–Crippen LogP) is 2.28. The lowest BCUT2D eigenvalue weighted by Crippen LogP contribution is -2.71. The number of aromatic nitrogens is 2. The Morgan fingerprint density at radius 2 is 2.18 bits per heavy atom. The molecule has 1 unspecified atom stereocenters. The molecule has 2 aromatic heterocycles. The van der Waals surface area contributed by atoms with Gasteiger partial charge in [-0.1, -0.05) is 29.0 Å². The first-order chi connectivity index (χ1) is 15.8. The van der Waals surface area contributed by atoms with Crippen LogP contribution in [0.2, 0.25) is 4.34 Å². The topological polar surface area (TPSA) is 120 Å². The molecule has 0 radical (unpaired) electrons. The number of benzene rings is 1. The number of nitrogens with zero attached hydrogens (tertiary/aromatic N) is 3. The van der Waals surface area contributed by atoms with E-state index in [-0.39, 0.29) is 25.2 Å². The third kappa shape index (κ3) is 4.79. The van der Waals surface area contributed by atoms with Crippen LogP contribution in [0, 0.1) is 0 Å². The number of imide groups is 1. The first-order valence-corrected chi connectivity index (χ1v) is 11.5. The molecule has 174 valence electrons. The number of halogens is 1. The molecule has 2 amide bonds. The molecule has 3 aromatic rings. The fraction of sp³-hybridized carbons (Fsp3) is 0.364. The maximum absolute atomic E-state index is 13.7. The molecule has 1 fully saturated rings.